The Labute approximate surface area is 298 Å². The van der Waals surface area contributed by atoms with Crippen molar-refractivity contribution in [1.29, 1.82) is 0 Å². The number of hydrogen-bond donors (Lipinski definition) is 1. The van der Waals surface area contributed by atoms with Crippen molar-refractivity contribution in [2.24, 2.45) is 0 Å². The van der Waals surface area contributed by atoms with Crippen molar-refractivity contribution in [3.8, 4) is 45.6 Å². The van der Waals surface area contributed by atoms with Crippen LogP contribution in [0.1, 0.15) is 57.6 Å². The van der Waals surface area contributed by atoms with Crippen molar-refractivity contribution < 1.29 is 42.7 Å². The zero-order valence-electron chi connectivity index (χ0n) is 29.6. The van der Waals surface area contributed by atoms with E-state index in [0.29, 0.717) is 62.8 Å². The number of hydrogen-bond acceptors (Lipinski definition) is 9. The first-order valence-electron chi connectivity index (χ1n) is 16.3. The van der Waals surface area contributed by atoms with Crippen LogP contribution in [0.4, 0.5) is 0 Å². The lowest BCUT2D eigenvalue weighted by Gasteiger charge is -2.17. The molecule has 0 unspecified atom stereocenters. The lowest BCUT2D eigenvalue weighted by molar-refractivity contribution is 0.0686. The van der Waals surface area contributed by atoms with E-state index in [2.05, 4.69) is 15.9 Å². The summed E-state index contributed by atoms with van der Waals surface area (Å²) >= 11 is 3.64. The molecule has 5 aromatic rings. The molecule has 0 bridgehead atoms. The van der Waals surface area contributed by atoms with E-state index in [0.717, 1.165) is 10.0 Å². The largest absolute Gasteiger partial charge is 0.493 e. The van der Waals surface area contributed by atoms with E-state index in [4.69, 9.17) is 32.8 Å². The number of carboxylic acids is 1. The predicted octanol–water partition coefficient (Wildman–Crippen LogP) is 8.51. The lowest BCUT2D eigenvalue weighted by atomic mass is 9.99. The Morgan fingerprint density at radius 2 is 1.34 bits per heavy atom. The second-order valence-electron chi connectivity index (χ2n) is 12.5. The first kappa shape index (κ1) is 36.4. The molecule has 0 spiro atoms. The number of fused-ring (bicyclic) bond motifs is 3. The highest BCUT2D eigenvalue weighted by Crippen LogP contribution is 2.44. The van der Waals surface area contributed by atoms with E-state index >= 15 is 0 Å². The van der Waals surface area contributed by atoms with Crippen molar-refractivity contribution in [3.63, 3.8) is 0 Å². The normalized spacial score (nSPS) is 11.5. The Hall–Kier alpha value is -4.84. The molecule has 0 radical (unpaired) electrons. The maximum Gasteiger partial charge on any atom is 0.361 e. The van der Waals surface area contributed by atoms with Crippen LogP contribution in [0.15, 0.2) is 56.1 Å². The second kappa shape index (κ2) is 15.0. The van der Waals surface area contributed by atoms with Gasteiger partial charge in [-0.15, -0.1) is 0 Å². The molecule has 0 atom stereocenters. The highest BCUT2D eigenvalue weighted by Gasteiger charge is 2.30. The average Bonchev–Trinajstić information content (AvgIpc) is 3.40. The molecule has 2 heterocycles. The van der Waals surface area contributed by atoms with Gasteiger partial charge in [-0.1, -0.05) is 22.0 Å². The molecule has 0 saturated heterocycles. The number of aryl methyl sites for hydroxylation is 2. The van der Waals surface area contributed by atoms with Crippen LogP contribution in [-0.2, 0) is 13.0 Å². The summed E-state index contributed by atoms with van der Waals surface area (Å²) in [5.74, 6) is 1.56. The van der Waals surface area contributed by atoms with Crippen molar-refractivity contribution in [1.82, 2.24) is 4.57 Å². The molecule has 0 aliphatic carbocycles. The summed E-state index contributed by atoms with van der Waals surface area (Å²) in [6, 6.07) is 12.2. The highest BCUT2D eigenvalue weighted by atomic mass is 79.9. The third kappa shape index (κ3) is 7.21. The maximum atomic E-state index is 14.0. The van der Waals surface area contributed by atoms with Crippen LogP contribution >= 0.6 is 15.9 Å². The van der Waals surface area contributed by atoms with E-state index in [1.807, 2.05) is 53.7 Å². The standard InChI is InChI=1S/C38H42BrNO10/c1-19(2)47-30-15-23(10-11-26(30)44-7)33-34-24-16-28(45-8)32(49-21(5)6)18-27(24)50-38(43)36(34)40(35(33)37(41)42)13-12-22-14-31(48-20(3)4)29(46-9)17-25(22)39/h10-11,14-21H,12-13H2,1-9H3,(H,41,42). The lowest BCUT2D eigenvalue weighted by Crippen LogP contribution is -2.15. The minimum atomic E-state index is -1.23. The predicted molar refractivity (Wildman–Crippen MR) is 195 cm³/mol. The quantitative estimate of drug-likeness (QED) is 0.110. The van der Waals surface area contributed by atoms with Gasteiger partial charge in [0, 0.05) is 33.4 Å². The van der Waals surface area contributed by atoms with Crippen LogP contribution in [0.5, 0.6) is 34.5 Å². The molecule has 0 saturated carbocycles. The van der Waals surface area contributed by atoms with Gasteiger partial charge in [-0.3, -0.25) is 0 Å². The number of rotatable bonds is 14. The topological polar surface area (TPSA) is 128 Å². The summed E-state index contributed by atoms with van der Waals surface area (Å²) < 4.78 is 43.0. The number of methoxy groups -OCH3 is 3. The van der Waals surface area contributed by atoms with Gasteiger partial charge in [0.15, 0.2) is 34.5 Å². The smallest absolute Gasteiger partial charge is 0.361 e. The molecule has 5 rings (SSSR count). The van der Waals surface area contributed by atoms with Gasteiger partial charge in [-0.2, -0.15) is 0 Å². The summed E-state index contributed by atoms with van der Waals surface area (Å²) in [6.45, 7) is 11.5. The average molecular weight is 753 g/mol. The zero-order chi connectivity index (χ0) is 36.4. The summed E-state index contributed by atoms with van der Waals surface area (Å²) in [6.07, 6.45) is -0.157. The van der Waals surface area contributed by atoms with Gasteiger partial charge in [-0.05, 0) is 89.4 Å². The molecule has 50 heavy (non-hydrogen) atoms. The van der Waals surface area contributed by atoms with E-state index in [-0.39, 0.29) is 41.7 Å². The van der Waals surface area contributed by atoms with Crippen LogP contribution in [0, 0.1) is 0 Å². The Balaban J connectivity index is 1.84. The number of ether oxygens (including phenoxy) is 6. The number of aromatic nitrogens is 1. The molecule has 11 nitrogen and oxygen atoms in total. The van der Waals surface area contributed by atoms with Gasteiger partial charge < -0.3 is 42.5 Å². The second-order valence-corrected chi connectivity index (χ2v) is 13.4. The Morgan fingerprint density at radius 3 is 1.90 bits per heavy atom. The summed E-state index contributed by atoms with van der Waals surface area (Å²) in [5.41, 5.74) is 1.16. The van der Waals surface area contributed by atoms with E-state index < -0.39 is 11.6 Å². The molecule has 0 aliphatic heterocycles. The van der Waals surface area contributed by atoms with Gasteiger partial charge in [0.25, 0.3) is 0 Å². The number of carboxylic acid groups (broad SMARTS) is 1. The Bertz CT molecular complexity index is 2110. The number of halogens is 1. The molecule has 2 aromatic heterocycles. The summed E-state index contributed by atoms with van der Waals surface area (Å²) in [5, 5.41) is 11.8. The zero-order valence-corrected chi connectivity index (χ0v) is 31.2. The first-order chi connectivity index (χ1) is 23.8. The van der Waals surface area contributed by atoms with Crippen molar-refractivity contribution >= 4 is 43.8 Å². The van der Waals surface area contributed by atoms with Gasteiger partial charge in [0.05, 0.1) is 39.6 Å². The van der Waals surface area contributed by atoms with E-state index in [1.54, 1.807) is 37.4 Å². The number of carbonyl (C=O) groups is 1. The minimum absolute atomic E-state index is 0.0924. The molecule has 266 valence electrons. The molecule has 1 N–H and O–H groups in total. The number of aromatic carboxylic acids is 1. The van der Waals surface area contributed by atoms with Gasteiger partial charge in [-0.25, -0.2) is 9.59 Å². The van der Waals surface area contributed by atoms with Crippen LogP contribution in [0.2, 0.25) is 0 Å². The minimum Gasteiger partial charge on any atom is -0.493 e. The van der Waals surface area contributed by atoms with Gasteiger partial charge in [0.2, 0.25) is 0 Å². The highest BCUT2D eigenvalue weighted by molar-refractivity contribution is 9.10. The van der Waals surface area contributed by atoms with E-state index in [9.17, 15) is 14.7 Å². The molecule has 0 fully saturated rings. The van der Waals surface area contributed by atoms with Crippen LogP contribution < -0.4 is 34.0 Å². The van der Waals surface area contributed by atoms with Crippen molar-refractivity contribution in [3.05, 3.63) is 68.6 Å². The molecule has 0 aliphatic rings. The fourth-order valence-corrected chi connectivity index (χ4v) is 6.50. The Morgan fingerprint density at radius 1 is 0.780 bits per heavy atom. The van der Waals surface area contributed by atoms with E-state index in [1.165, 1.54) is 18.8 Å². The van der Waals surface area contributed by atoms with Crippen LogP contribution in [0.25, 0.3) is 33.0 Å². The SMILES string of the molecule is COc1ccc(-c2c(C(=O)O)n(CCc3cc(OC(C)C)c(OC)cc3Br)c3c(=O)oc4cc(OC(C)C)c(OC)cc4c23)cc1OC(C)C. The van der Waals surface area contributed by atoms with Crippen molar-refractivity contribution in [2.75, 3.05) is 21.3 Å². The third-order valence-electron chi connectivity index (χ3n) is 7.87. The Kier molecular flexibility index (Phi) is 10.9. The monoisotopic (exact) mass is 751 g/mol. The number of nitrogens with zero attached hydrogens (tertiary/aromatic N) is 1. The fourth-order valence-electron chi connectivity index (χ4n) is 5.98. The summed E-state index contributed by atoms with van der Waals surface area (Å²) in [7, 11) is 4.62. The summed E-state index contributed by atoms with van der Waals surface area (Å²) in [4.78, 5) is 27.4. The molecular weight excluding hydrogens is 710 g/mol. The van der Waals surface area contributed by atoms with Gasteiger partial charge in [0.1, 0.15) is 16.8 Å². The van der Waals surface area contributed by atoms with Crippen molar-refractivity contribution in [2.45, 2.75) is 72.8 Å². The third-order valence-corrected chi connectivity index (χ3v) is 8.61. The van der Waals surface area contributed by atoms with Gasteiger partial charge >= 0.3 is 11.6 Å². The maximum absolute atomic E-state index is 14.0. The molecule has 12 heteroatoms. The number of benzene rings is 3. The molecule has 0 amide bonds. The first-order valence-corrected chi connectivity index (χ1v) is 17.1. The van der Waals surface area contributed by atoms with Crippen LogP contribution in [0.3, 0.4) is 0 Å². The fraction of sp³-hybridized carbons (Fsp3) is 0.368. The van der Waals surface area contributed by atoms with Crippen LogP contribution in [-0.4, -0.2) is 55.3 Å². The molecular formula is C38H42BrNO10. The molecule has 3 aromatic carbocycles.